The van der Waals surface area contributed by atoms with Crippen LogP contribution < -0.4 is 5.32 Å². The Labute approximate surface area is 127 Å². The molecule has 3 fully saturated rings. The highest BCUT2D eigenvalue weighted by Gasteiger charge is 2.39. The minimum absolute atomic E-state index is 0.464. The SMILES string of the molecule is O=C(O)N1CCC2(CCC(CN3CCNCC3)CC2)CC1. The number of amides is 1. The molecule has 2 aliphatic heterocycles. The highest BCUT2D eigenvalue weighted by Crippen LogP contribution is 2.46. The molecule has 120 valence electrons. The van der Waals surface area contributed by atoms with Crippen molar-refractivity contribution in [1.82, 2.24) is 15.1 Å². The molecule has 2 heterocycles. The van der Waals surface area contributed by atoms with E-state index in [1.54, 1.807) is 4.90 Å². The van der Waals surface area contributed by atoms with Gasteiger partial charge in [0.15, 0.2) is 0 Å². The van der Waals surface area contributed by atoms with Gasteiger partial charge in [-0.2, -0.15) is 0 Å². The number of carboxylic acid groups (broad SMARTS) is 1. The molecule has 0 unspecified atom stereocenters. The molecule has 3 aliphatic rings. The van der Waals surface area contributed by atoms with Gasteiger partial charge >= 0.3 is 6.09 Å². The zero-order chi connectivity index (χ0) is 14.7. The molecule has 0 radical (unpaired) electrons. The van der Waals surface area contributed by atoms with Crippen LogP contribution in [0.4, 0.5) is 4.79 Å². The van der Waals surface area contributed by atoms with Crippen molar-refractivity contribution in [1.29, 1.82) is 0 Å². The lowest BCUT2D eigenvalue weighted by Crippen LogP contribution is -2.47. The van der Waals surface area contributed by atoms with E-state index >= 15 is 0 Å². The van der Waals surface area contributed by atoms with Gasteiger partial charge in [0.2, 0.25) is 0 Å². The van der Waals surface area contributed by atoms with Crippen molar-refractivity contribution in [2.75, 3.05) is 45.8 Å². The average Bonchev–Trinajstić information content (AvgIpc) is 2.51. The molecule has 1 aliphatic carbocycles. The number of nitrogens with one attached hydrogen (secondary N) is 1. The van der Waals surface area contributed by atoms with Gasteiger partial charge in [-0.1, -0.05) is 0 Å². The quantitative estimate of drug-likeness (QED) is 0.816. The van der Waals surface area contributed by atoms with Crippen LogP contribution in [0.3, 0.4) is 0 Å². The van der Waals surface area contributed by atoms with Crippen molar-refractivity contribution in [2.45, 2.75) is 38.5 Å². The Kier molecular flexibility index (Phi) is 4.69. The van der Waals surface area contributed by atoms with Crippen LogP contribution >= 0.6 is 0 Å². The summed E-state index contributed by atoms with van der Waals surface area (Å²) < 4.78 is 0. The zero-order valence-electron chi connectivity index (χ0n) is 13.0. The minimum atomic E-state index is -0.739. The molecule has 5 heteroatoms. The first-order chi connectivity index (χ1) is 10.2. The van der Waals surface area contributed by atoms with Gasteiger partial charge in [-0.25, -0.2) is 4.79 Å². The molecular weight excluding hydrogens is 266 g/mol. The Morgan fingerprint density at radius 1 is 1.05 bits per heavy atom. The first-order valence-corrected chi connectivity index (χ1v) is 8.58. The maximum absolute atomic E-state index is 11.0. The Morgan fingerprint density at radius 2 is 1.67 bits per heavy atom. The highest BCUT2D eigenvalue weighted by molar-refractivity contribution is 5.65. The summed E-state index contributed by atoms with van der Waals surface area (Å²) in [5.74, 6) is 0.867. The molecule has 0 atom stereocenters. The fourth-order valence-electron chi connectivity index (χ4n) is 4.40. The van der Waals surface area contributed by atoms with Crippen molar-refractivity contribution < 1.29 is 9.90 Å². The third kappa shape index (κ3) is 3.69. The Hall–Kier alpha value is -0.810. The lowest BCUT2D eigenvalue weighted by Gasteiger charge is -2.46. The summed E-state index contributed by atoms with van der Waals surface area (Å²) in [7, 11) is 0. The van der Waals surface area contributed by atoms with E-state index in [0.29, 0.717) is 5.41 Å². The van der Waals surface area contributed by atoms with E-state index in [9.17, 15) is 4.79 Å². The maximum atomic E-state index is 11.0. The van der Waals surface area contributed by atoms with Crippen LogP contribution in [-0.2, 0) is 0 Å². The lowest BCUT2D eigenvalue weighted by molar-refractivity contribution is 0.0441. The number of carbonyl (C=O) groups is 1. The van der Waals surface area contributed by atoms with Gasteiger partial charge < -0.3 is 20.2 Å². The number of piperazine rings is 1. The Balaban J connectivity index is 1.43. The molecule has 5 nitrogen and oxygen atoms in total. The molecule has 0 bridgehead atoms. The van der Waals surface area contributed by atoms with Crippen LogP contribution in [0.25, 0.3) is 0 Å². The topological polar surface area (TPSA) is 55.8 Å². The summed E-state index contributed by atoms with van der Waals surface area (Å²) >= 11 is 0. The highest BCUT2D eigenvalue weighted by atomic mass is 16.4. The second-order valence-corrected chi connectivity index (χ2v) is 7.26. The van der Waals surface area contributed by atoms with Crippen molar-refractivity contribution in [3.05, 3.63) is 0 Å². The number of piperidine rings is 1. The summed E-state index contributed by atoms with van der Waals surface area (Å²) in [6, 6.07) is 0. The van der Waals surface area contributed by atoms with E-state index in [1.807, 2.05) is 0 Å². The standard InChI is InChI=1S/C16H29N3O2/c20-15(21)19-9-5-16(6-10-19)3-1-14(2-4-16)13-18-11-7-17-8-12-18/h14,17H,1-13H2,(H,20,21). The molecule has 2 saturated heterocycles. The summed E-state index contributed by atoms with van der Waals surface area (Å²) in [4.78, 5) is 15.2. The first kappa shape index (κ1) is 15.1. The second kappa shape index (κ2) is 6.53. The summed E-state index contributed by atoms with van der Waals surface area (Å²) in [6.45, 7) is 7.46. The van der Waals surface area contributed by atoms with Crippen LogP contribution in [0.1, 0.15) is 38.5 Å². The van der Waals surface area contributed by atoms with Crippen LogP contribution in [0.2, 0.25) is 0 Å². The Bertz CT molecular complexity index is 351. The molecule has 2 N–H and O–H groups in total. The van der Waals surface area contributed by atoms with Crippen LogP contribution in [0.5, 0.6) is 0 Å². The van der Waals surface area contributed by atoms with E-state index in [4.69, 9.17) is 5.11 Å². The lowest BCUT2D eigenvalue weighted by atomic mass is 9.65. The number of hydrogen-bond donors (Lipinski definition) is 2. The van der Waals surface area contributed by atoms with Crippen LogP contribution in [0, 0.1) is 11.3 Å². The van der Waals surface area contributed by atoms with E-state index in [-0.39, 0.29) is 0 Å². The third-order valence-corrected chi connectivity index (χ3v) is 5.99. The average molecular weight is 295 g/mol. The van der Waals surface area contributed by atoms with Gasteiger partial charge in [-0.3, -0.25) is 0 Å². The van der Waals surface area contributed by atoms with Gasteiger partial charge in [0, 0.05) is 45.8 Å². The molecule has 0 aromatic carbocycles. The van der Waals surface area contributed by atoms with Crippen LogP contribution in [-0.4, -0.2) is 66.8 Å². The van der Waals surface area contributed by atoms with Gasteiger partial charge in [-0.05, 0) is 49.9 Å². The summed E-state index contributed by atoms with van der Waals surface area (Å²) in [5.41, 5.74) is 0.464. The molecule has 1 spiro atoms. The molecule has 1 amide bonds. The minimum Gasteiger partial charge on any atom is -0.465 e. The predicted molar refractivity (Wildman–Crippen MR) is 82.5 cm³/mol. The zero-order valence-corrected chi connectivity index (χ0v) is 13.0. The number of nitrogens with zero attached hydrogens (tertiary/aromatic N) is 2. The summed E-state index contributed by atoms with van der Waals surface area (Å²) in [5, 5.41) is 12.5. The number of hydrogen-bond acceptors (Lipinski definition) is 3. The fraction of sp³-hybridized carbons (Fsp3) is 0.938. The fourth-order valence-corrected chi connectivity index (χ4v) is 4.40. The molecule has 0 aromatic heterocycles. The van der Waals surface area contributed by atoms with Gasteiger partial charge in [-0.15, -0.1) is 0 Å². The van der Waals surface area contributed by atoms with Gasteiger partial charge in [0.1, 0.15) is 0 Å². The second-order valence-electron chi connectivity index (χ2n) is 7.26. The van der Waals surface area contributed by atoms with Crippen LogP contribution in [0.15, 0.2) is 0 Å². The van der Waals surface area contributed by atoms with Crippen molar-refractivity contribution in [3.63, 3.8) is 0 Å². The first-order valence-electron chi connectivity index (χ1n) is 8.58. The molecule has 0 aromatic rings. The Morgan fingerprint density at radius 3 is 2.24 bits per heavy atom. The smallest absolute Gasteiger partial charge is 0.407 e. The number of rotatable bonds is 2. The van der Waals surface area contributed by atoms with Crippen molar-refractivity contribution in [3.8, 4) is 0 Å². The molecule has 21 heavy (non-hydrogen) atoms. The van der Waals surface area contributed by atoms with E-state index < -0.39 is 6.09 Å². The molecular formula is C16H29N3O2. The van der Waals surface area contributed by atoms with Crippen molar-refractivity contribution >= 4 is 6.09 Å². The van der Waals surface area contributed by atoms with E-state index in [1.165, 1.54) is 45.3 Å². The van der Waals surface area contributed by atoms with E-state index in [0.717, 1.165) is 44.9 Å². The van der Waals surface area contributed by atoms with Gasteiger partial charge in [0.05, 0.1) is 0 Å². The monoisotopic (exact) mass is 295 g/mol. The number of likely N-dealkylation sites (tertiary alicyclic amines) is 1. The largest absolute Gasteiger partial charge is 0.465 e. The van der Waals surface area contributed by atoms with E-state index in [2.05, 4.69) is 10.2 Å². The molecule has 1 saturated carbocycles. The maximum Gasteiger partial charge on any atom is 0.407 e. The normalized spacial score (nSPS) is 27.9. The third-order valence-electron chi connectivity index (χ3n) is 5.99. The predicted octanol–water partition coefficient (Wildman–Crippen LogP) is 1.84. The van der Waals surface area contributed by atoms with Crippen molar-refractivity contribution in [2.24, 2.45) is 11.3 Å². The van der Waals surface area contributed by atoms with Gasteiger partial charge in [0.25, 0.3) is 0 Å². The molecule has 3 rings (SSSR count). The summed E-state index contributed by atoms with van der Waals surface area (Å²) in [6.07, 6.45) is 6.75.